The van der Waals surface area contributed by atoms with Gasteiger partial charge in [0.2, 0.25) is 0 Å². The molecule has 2 rings (SSSR count). The van der Waals surface area contributed by atoms with Crippen LogP contribution in [0.25, 0.3) is 0 Å². The van der Waals surface area contributed by atoms with Crippen LogP contribution in [0.2, 0.25) is 0 Å². The fraction of sp³-hybridized carbons (Fsp3) is 0.611. The molecule has 0 aromatic heterocycles. The van der Waals surface area contributed by atoms with E-state index in [1.807, 2.05) is 0 Å². The smallest absolute Gasteiger partial charge is 0.195 e. The number of rotatable bonds is 4. The molecule has 4 heteroatoms. The molecule has 0 spiro atoms. The van der Waals surface area contributed by atoms with Crippen molar-refractivity contribution in [2.75, 3.05) is 41.3 Å². The van der Waals surface area contributed by atoms with Crippen molar-refractivity contribution < 1.29 is 0 Å². The average molecular weight is 302 g/mol. The van der Waals surface area contributed by atoms with Gasteiger partial charge in [0.15, 0.2) is 5.96 Å². The second-order valence-corrected chi connectivity index (χ2v) is 6.80. The zero-order valence-electron chi connectivity index (χ0n) is 14.7. The molecule has 4 nitrogen and oxygen atoms in total. The Labute approximate surface area is 135 Å². The van der Waals surface area contributed by atoms with Crippen LogP contribution in [0.5, 0.6) is 0 Å². The van der Waals surface area contributed by atoms with Crippen molar-refractivity contribution >= 4 is 5.96 Å². The molecule has 0 N–H and O–H groups in total. The summed E-state index contributed by atoms with van der Waals surface area (Å²) in [6.45, 7) is 5.46. The highest BCUT2D eigenvalue weighted by Crippen LogP contribution is 2.25. The second kappa shape index (κ2) is 7.63. The van der Waals surface area contributed by atoms with Crippen LogP contribution in [0.4, 0.5) is 0 Å². The van der Waals surface area contributed by atoms with Crippen LogP contribution in [-0.4, -0.2) is 68.0 Å². The summed E-state index contributed by atoms with van der Waals surface area (Å²) >= 11 is 0. The average Bonchev–Trinajstić information content (AvgIpc) is 2.79. The predicted octanol–water partition coefficient (Wildman–Crippen LogP) is 2.38. The van der Waals surface area contributed by atoms with Gasteiger partial charge in [-0.15, -0.1) is 0 Å². The molecule has 0 saturated carbocycles. The van der Waals surface area contributed by atoms with Gasteiger partial charge in [-0.1, -0.05) is 30.3 Å². The molecule has 1 aromatic rings. The summed E-state index contributed by atoms with van der Waals surface area (Å²) in [6, 6.07) is 11.4. The number of likely N-dealkylation sites (tertiary alicyclic amines) is 1. The lowest BCUT2D eigenvalue weighted by atomic mass is 10.1. The van der Waals surface area contributed by atoms with Crippen molar-refractivity contribution in [2.45, 2.75) is 25.9 Å². The highest BCUT2D eigenvalue weighted by molar-refractivity contribution is 5.79. The molecule has 0 unspecified atom stereocenters. The molecule has 0 aliphatic carbocycles. The maximum Gasteiger partial charge on any atom is 0.195 e. The van der Waals surface area contributed by atoms with E-state index in [-0.39, 0.29) is 0 Å². The van der Waals surface area contributed by atoms with Gasteiger partial charge < -0.3 is 9.80 Å². The van der Waals surface area contributed by atoms with Gasteiger partial charge in [0, 0.05) is 53.9 Å². The van der Waals surface area contributed by atoms with Crippen LogP contribution in [0.3, 0.4) is 0 Å². The number of benzene rings is 1. The summed E-state index contributed by atoms with van der Waals surface area (Å²) < 4.78 is 0. The number of hydrogen-bond donors (Lipinski definition) is 0. The first-order chi connectivity index (χ1) is 10.5. The lowest BCUT2D eigenvalue weighted by Crippen LogP contribution is -2.36. The van der Waals surface area contributed by atoms with Crippen molar-refractivity contribution in [2.24, 2.45) is 10.9 Å². The van der Waals surface area contributed by atoms with Gasteiger partial charge in [0.25, 0.3) is 0 Å². The van der Waals surface area contributed by atoms with Crippen LogP contribution in [0, 0.1) is 5.92 Å². The molecule has 22 heavy (non-hydrogen) atoms. The van der Waals surface area contributed by atoms with Crippen molar-refractivity contribution in [1.82, 2.24) is 14.7 Å². The Morgan fingerprint density at radius 1 is 1.14 bits per heavy atom. The predicted molar refractivity (Wildman–Crippen MR) is 94.1 cm³/mol. The van der Waals surface area contributed by atoms with E-state index in [0.717, 1.165) is 25.6 Å². The first-order valence-electron chi connectivity index (χ1n) is 8.14. The van der Waals surface area contributed by atoms with Crippen molar-refractivity contribution in [1.29, 1.82) is 0 Å². The van der Waals surface area contributed by atoms with Gasteiger partial charge in [-0.3, -0.25) is 9.89 Å². The molecule has 1 heterocycles. The third kappa shape index (κ3) is 4.47. The second-order valence-electron chi connectivity index (χ2n) is 6.80. The molecule has 1 aromatic carbocycles. The Morgan fingerprint density at radius 3 is 2.36 bits per heavy atom. The van der Waals surface area contributed by atoms with E-state index in [4.69, 9.17) is 4.99 Å². The Kier molecular flexibility index (Phi) is 5.83. The molecule has 1 aliphatic rings. The molecule has 1 saturated heterocycles. The van der Waals surface area contributed by atoms with Crippen molar-refractivity contribution in [3.63, 3.8) is 0 Å². The molecular weight excluding hydrogens is 272 g/mol. The molecule has 0 amide bonds. The standard InChI is InChI=1S/C18H30N4/c1-15-11-17(12-19-18(20(2)3)21(4)5)14-22(15)13-16-9-7-6-8-10-16/h6-10,15,17H,11-14H2,1-5H3/t15-,17-/m1/s1. The highest BCUT2D eigenvalue weighted by Gasteiger charge is 2.28. The van der Waals surface area contributed by atoms with Gasteiger partial charge in [-0.05, 0) is 24.8 Å². The lowest BCUT2D eigenvalue weighted by molar-refractivity contribution is 0.256. The van der Waals surface area contributed by atoms with Crippen LogP contribution in [0.1, 0.15) is 18.9 Å². The summed E-state index contributed by atoms with van der Waals surface area (Å²) in [4.78, 5) is 11.6. The molecule has 0 radical (unpaired) electrons. The van der Waals surface area contributed by atoms with E-state index in [2.05, 4.69) is 80.1 Å². The SMILES string of the molecule is C[C@@H]1C[C@H](CN=C(N(C)C)N(C)C)CN1Cc1ccccc1. The lowest BCUT2D eigenvalue weighted by Gasteiger charge is -2.23. The summed E-state index contributed by atoms with van der Waals surface area (Å²) in [5, 5.41) is 0. The van der Waals surface area contributed by atoms with E-state index < -0.39 is 0 Å². The number of nitrogens with zero attached hydrogens (tertiary/aromatic N) is 4. The minimum Gasteiger partial charge on any atom is -0.349 e. The number of aliphatic imine (C=N–C) groups is 1. The minimum atomic E-state index is 0.641. The number of hydrogen-bond acceptors (Lipinski definition) is 2. The summed E-state index contributed by atoms with van der Waals surface area (Å²) in [6.07, 6.45) is 1.24. The van der Waals surface area contributed by atoms with Gasteiger partial charge in [-0.2, -0.15) is 0 Å². The fourth-order valence-electron chi connectivity index (χ4n) is 3.28. The minimum absolute atomic E-state index is 0.641. The Balaban J connectivity index is 1.92. The van der Waals surface area contributed by atoms with E-state index in [1.165, 1.54) is 12.0 Å². The third-order valence-electron chi connectivity index (χ3n) is 4.31. The summed E-state index contributed by atoms with van der Waals surface area (Å²) in [5.41, 5.74) is 1.40. The van der Waals surface area contributed by atoms with Gasteiger partial charge >= 0.3 is 0 Å². The van der Waals surface area contributed by atoms with Gasteiger partial charge in [0.05, 0.1) is 0 Å². The van der Waals surface area contributed by atoms with Gasteiger partial charge in [0.1, 0.15) is 0 Å². The van der Waals surface area contributed by atoms with E-state index >= 15 is 0 Å². The largest absolute Gasteiger partial charge is 0.349 e. The Morgan fingerprint density at radius 2 is 1.77 bits per heavy atom. The molecular formula is C18H30N4. The highest BCUT2D eigenvalue weighted by atomic mass is 15.3. The Bertz CT molecular complexity index is 471. The Hall–Kier alpha value is -1.55. The maximum absolute atomic E-state index is 4.82. The first kappa shape index (κ1) is 16.8. The molecule has 2 atom stereocenters. The summed E-state index contributed by atoms with van der Waals surface area (Å²) in [7, 11) is 8.21. The normalized spacial score (nSPS) is 21.7. The molecule has 0 bridgehead atoms. The molecule has 122 valence electrons. The van der Waals surface area contributed by atoms with Crippen LogP contribution >= 0.6 is 0 Å². The molecule has 1 aliphatic heterocycles. The van der Waals surface area contributed by atoms with Crippen molar-refractivity contribution in [3.8, 4) is 0 Å². The fourth-order valence-corrected chi connectivity index (χ4v) is 3.28. The van der Waals surface area contributed by atoms with E-state index in [1.54, 1.807) is 0 Å². The van der Waals surface area contributed by atoms with E-state index in [9.17, 15) is 0 Å². The quantitative estimate of drug-likeness (QED) is 0.630. The van der Waals surface area contributed by atoms with E-state index in [0.29, 0.717) is 12.0 Å². The van der Waals surface area contributed by atoms with Crippen LogP contribution in [0.15, 0.2) is 35.3 Å². The van der Waals surface area contributed by atoms with Crippen LogP contribution in [-0.2, 0) is 6.54 Å². The van der Waals surface area contributed by atoms with Gasteiger partial charge in [-0.25, -0.2) is 0 Å². The monoisotopic (exact) mass is 302 g/mol. The molecule has 1 fully saturated rings. The zero-order chi connectivity index (χ0) is 16.1. The summed E-state index contributed by atoms with van der Waals surface area (Å²) in [5.74, 6) is 1.71. The third-order valence-corrected chi connectivity index (χ3v) is 4.31. The van der Waals surface area contributed by atoms with Crippen LogP contribution < -0.4 is 0 Å². The topological polar surface area (TPSA) is 22.1 Å². The zero-order valence-corrected chi connectivity index (χ0v) is 14.7. The first-order valence-corrected chi connectivity index (χ1v) is 8.14. The number of guanidine groups is 1. The maximum atomic E-state index is 4.82. The van der Waals surface area contributed by atoms with Crippen molar-refractivity contribution in [3.05, 3.63) is 35.9 Å².